The number of aryl methyl sites for hydroxylation is 1. The summed E-state index contributed by atoms with van der Waals surface area (Å²) in [6, 6.07) is 24.4. The molecule has 0 spiro atoms. The van der Waals surface area contributed by atoms with E-state index in [4.69, 9.17) is 11.6 Å². The van der Waals surface area contributed by atoms with E-state index in [1.165, 1.54) is 33.4 Å². The lowest BCUT2D eigenvalue weighted by atomic mass is 9.87. The highest BCUT2D eigenvalue weighted by molar-refractivity contribution is 6.30. The van der Waals surface area contributed by atoms with E-state index in [-0.39, 0.29) is 0 Å². The molecular weight excluding hydrogens is 372 g/mol. The van der Waals surface area contributed by atoms with Crippen molar-refractivity contribution in [3.63, 3.8) is 0 Å². The number of benzene rings is 3. The van der Waals surface area contributed by atoms with Crippen LogP contribution in [-0.4, -0.2) is 0 Å². The Kier molecular flexibility index (Phi) is 7.19. The lowest BCUT2D eigenvalue weighted by Gasteiger charge is -2.18. The van der Waals surface area contributed by atoms with Gasteiger partial charge in [0.15, 0.2) is 0 Å². The van der Waals surface area contributed by atoms with Gasteiger partial charge in [-0.15, -0.1) is 0 Å². The van der Waals surface area contributed by atoms with E-state index in [0.717, 1.165) is 17.9 Å². The van der Waals surface area contributed by atoms with Crippen molar-refractivity contribution in [3.8, 4) is 0 Å². The van der Waals surface area contributed by atoms with Gasteiger partial charge in [0.05, 0.1) is 0 Å². The molecule has 0 aliphatic rings. The van der Waals surface area contributed by atoms with Crippen molar-refractivity contribution in [2.75, 3.05) is 0 Å². The van der Waals surface area contributed by atoms with Crippen molar-refractivity contribution in [2.24, 2.45) is 0 Å². The Morgan fingerprint density at radius 3 is 1.90 bits per heavy atom. The fourth-order valence-corrected chi connectivity index (χ4v) is 4.41. The molecule has 0 amide bonds. The zero-order valence-electron chi connectivity index (χ0n) is 18.4. The summed E-state index contributed by atoms with van der Waals surface area (Å²) in [6.07, 6.45) is 2.08. The molecule has 0 nitrogen and oxygen atoms in total. The normalized spacial score (nSPS) is 13.5. The van der Waals surface area contributed by atoms with Crippen LogP contribution in [0.2, 0.25) is 5.02 Å². The molecule has 2 unspecified atom stereocenters. The molecule has 0 aliphatic carbocycles. The van der Waals surface area contributed by atoms with Crippen molar-refractivity contribution in [3.05, 3.63) is 105 Å². The second-order valence-electron chi connectivity index (χ2n) is 8.92. The van der Waals surface area contributed by atoms with E-state index >= 15 is 0 Å². The van der Waals surface area contributed by atoms with Crippen LogP contribution in [0.25, 0.3) is 0 Å². The topological polar surface area (TPSA) is 0 Å². The van der Waals surface area contributed by atoms with Crippen molar-refractivity contribution in [2.45, 2.75) is 65.2 Å². The zero-order valence-corrected chi connectivity index (χ0v) is 19.1. The lowest BCUT2D eigenvalue weighted by Crippen LogP contribution is -2.03. The average molecular weight is 405 g/mol. The minimum Gasteiger partial charge on any atom is -0.0843 e. The first kappa shape index (κ1) is 21.7. The van der Waals surface area contributed by atoms with E-state index in [1.807, 2.05) is 0 Å². The van der Waals surface area contributed by atoms with Crippen molar-refractivity contribution in [1.82, 2.24) is 0 Å². The summed E-state index contributed by atoms with van der Waals surface area (Å²) in [6.45, 7) is 11.3. The van der Waals surface area contributed by atoms with Crippen LogP contribution in [0.1, 0.15) is 78.8 Å². The molecule has 152 valence electrons. The number of hydrogen-bond donors (Lipinski definition) is 0. The molecule has 3 aromatic rings. The number of hydrogen-bond acceptors (Lipinski definition) is 0. The molecule has 0 N–H and O–H groups in total. The second kappa shape index (κ2) is 9.63. The van der Waals surface area contributed by atoms with Gasteiger partial charge in [-0.25, -0.2) is 0 Å². The SMILES string of the molecule is Cc1cc(CC(C)c2ccccc2)cc(C(C)Cc2cc(Cl)cc(C(C)C)c2)c1. The maximum absolute atomic E-state index is 6.39. The molecule has 0 aliphatic heterocycles. The van der Waals surface area contributed by atoms with Crippen LogP contribution < -0.4 is 0 Å². The molecule has 0 fully saturated rings. The third-order valence-electron chi connectivity index (χ3n) is 5.83. The van der Waals surface area contributed by atoms with Gasteiger partial charge in [-0.2, -0.15) is 0 Å². The van der Waals surface area contributed by atoms with E-state index in [2.05, 4.69) is 101 Å². The van der Waals surface area contributed by atoms with Crippen LogP contribution in [0.3, 0.4) is 0 Å². The molecule has 0 saturated heterocycles. The fraction of sp³-hybridized carbons (Fsp3) is 0.357. The van der Waals surface area contributed by atoms with Crippen LogP contribution in [0, 0.1) is 6.92 Å². The van der Waals surface area contributed by atoms with Crippen LogP contribution in [0.5, 0.6) is 0 Å². The smallest absolute Gasteiger partial charge is 0.0411 e. The van der Waals surface area contributed by atoms with Crippen molar-refractivity contribution >= 4 is 11.6 Å². The average Bonchev–Trinajstić information content (AvgIpc) is 2.67. The Morgan fingerprint density at radius 2 is 1.24 bits per heavy atom. The predicted molar refractivity (Wildman–Crippen MR) is 127 cm³/mol. The Bertz CT molecular complexity index is 940. The Hall–Kier alpha value is -2.05. The molecule has 29 heavy (non-hydrogen) atoms. The zero-order chi connectivity index (χ0) is 21.0. The molecule has 0 heterocycles. The molecule has 0 radical (unpaired) electrons. The Balaban J connectivity index is 1.78. The summed E-state index contributed by atoms with van der Waals surface area (Å²) in [7, 11) is 0. The van der Waals surface area contributed by atoms with Gasteiger partial charge in [-0.3, -0.25) is 0 Å². The van der Waals surface area contributed by atoms with Gasteiger partial charge in [0.25, 0.3) is 0 Å². The summed E-state index contributed by atoms with van der Waals surface area (Å²) < 4.78 is 0. The highest BCUT2D eigenvalue weighted by atomic mass is 35.5. The van der Waals surface area contributed by atoms with Gasteiger partial charge in [0.2, 0.25) is 0 Å². The molecule has 3 aromatic carbocycles. The maximum atomic E-state index is 6.39. The molecule has 0 bridgehead atoms. The van der Waals surface area contributed by atoms with Crippen LogP contribution in [0.4, 0.5) is 0 Å². The molecule has 2 atom stereocenters. The first-order valence-corrected chi connectivity index (χ1v) is 11.1. The maximum Gasteiger partial charge on any atom is 0.0411 e. The Labute approximate surface area is 181 Å². The standard InChI is InChI=1S/C28H33Cl/c1-19(2)26-15-24(17-28(29)18-26)14-22(5)27-12-20(3)11-23(16-27)13-21(4)25-9-7-6-8-10-25/h6-12,15-19,21-22H,13-14H2,1-5H3. The summed E-state index contributed by atoms with van der Waals surface area (Å²) in [4.78, 5) is 0. The predicted octanol–water partition coefficient (Wildman–Crippen LogP) is 8.46. The molecule has 3 rings (SSSR count). The fourth-order valence-electron chi connectivity index (χ4n) is 4.15. The first-order chi connectivity index (χ1) is 13.8. The molecule has 0 aromatic heterocycles. The summed E-state index contributed by atoms with van der Waals surface area (Å²) >= 11 is 6.39. The summed E-state index contributed by atoms with van der Waals surface area (Å²) in [5, 5.41) is 0.847. The molecule has 1 heteroatoms. The highest BCUT2D eigenvalue weighted by Gasteiger charge is 2.13. The van der Waals surface area contributed by atoms with Crippen LogP contribution in [-0.2, 0) is 12.8 Å². The minimum absolute atomic E-state index is 0.458. The van der Waals surface area contributed by atoms with Crippen molar-refractivity contribution < 1.29 is 0 Å². The molecular formula is C28H33Cl. The lowest BCUT2D eigenvalue weighted by molar-refractivity contribution is 0.737. The third-order valence-corrected chi connectivity index (χ3v) is 6.05. The van der Waals surface area contributed by atoms with Gasteiger partial charge >= 0.3 is 0 Å². The van der Waals surface area contributed by atoms with E-state index in [9.17, 15) is 0 Å². The van der Waals surface area contributed by atoms with Gasteiger partial charge in [-0.1, -0.05) is 99.5 Å². The largest absolute Gasteiger partial charge is 0.0843 e. The monoisotopic (exact) mass is 404 g/mol. The first-order valence-electron chi connectivity index (χ1n) is 10.8. The van der Waals surface area contributed by atoms with E-state index in [0.29, 0.717) is 17.8 Å². The Morgan fingerprint density at radius 1 is 0.655 bits per heavy atom. The van der Waals surface area contributed by atoms with Gasteiger partial charge in [0.1, 0.15) is 0 Å². The van der Waals surface area contributed by atoms with Crippen LogP contribution in [0.15, 0.2) is 66.7 Å². The third kappa shape index (κ3) is 5.97. The van der Waals surface area contributed by atoms with Crippen LogP contribution >= 0.6 is 11.6 Å². The second-order valence-corrected chi connectivity index (χ2v) is 9.36. The number of halogens is 1. The van der Waals surface area contributed by atoms with E-state index in [1.54, 1.807) is 0 Å². The summed E-state index contributed by atoms with van der Waals surface area (Å²) in [5.41, 5.74) is 8.25. The molecule has 0 saturated carbocycles. The van der Waals surface area contributed by atoms with Gasteiger partial charge < -0.3 is 0 Å². The van der Waals surface area contributed by atoms with Crippen molar-refractivity contribution in [1.29, 1.82) is 0 Å². The highest BCUT2D eigenvalue weighted by Crippen LogP contribution is 2.29. The minimum atomic E-state index is 0.458. The summed E-state index contributed by atoms with van der Waals surface area (Å²) in [5.74, 6) is 1.47. The van der Waals surface area contributed by atoms with Gasteiger partial charge in [0, 0.05) is 5.02 Å². The van der Waals surface area contributed by atoms with Gasteiger partial charge in [-0.05, 0) is 77.5 Å². The quantitative estimate of drug-likeness (QED) is 0.370. The number of rotatable bonds is 7. The van der Waals surface area contributed by atoms with E-state index < -0.39 is 0 Å².